The van der Waals surface area contributed by atoms with Gasteiger partial charge in [0.1, 0.15) is 6.10 Å². The van der Waals surface area contributed by atoms with Gasteiger partial charge in [0, 0.05) is 38.8 Å². The summed E-state index contributed by atoms with van der Waals surface area (Å²) in [5.74, 6) is 0.373. The average Bonchev–Trinajstić information content (AvgIpc) is 3.16. The van der Waals surface area contributed by atoms with Crippen molar-refractivity contribution in [2.45, 2.75) is 37.8 Å². The third-order valence-electron chi connectivity index (χ3n) is 5.63. The van der Waals surface area contributed by atoms with Crippen molar-refractivity contribution in [2.24, 2.45) is 11.3 Å². The zero-order valence-electron chi connectivity index (χ0n) is 13.9. The number of nitrogens with zero attached hydrogens (tertiary/aromatic N) is 3. The van der Waals surface area contributed by atoms with E-state index in [0.29, 0.717) is 18.5 Å². The van der Waals surface area contributed by atoms with Crippen molar-refractivity contribution >= 4 is 11.9 Å². The molecule has 1 amide bonds. The van der Waals surface area contributed by atoms with Gasteiger partial charge in [-0.05, 0) is 31.6 Å². The Balaban J connectivity index is 1.51. The van der Waals surface area contributed by atoms with Crippen LogP contribution in [0.1, 0.15) is 25.7 Å². The van der Waals surface area contributed by atoms with Gasteiger partial charge in [-0.15, -0.1) is 5.10 Å². The number of amides is 1. The number of ether oxygens (including phenoxy) is 2. The van der Waals surface area contributed by atoms with Crippen LogP contribution in [0.4, 0.5) is 6.01 Å². The second-order valence-corrected chi connectivity index (χ2v) is 7.13. The quantitative estimate of drug-likeness (QED) is 0.842. The van der Waals surface area contributed by atoms with E-state index in [4.69, 9.17) is 13.9 Å². The molecule has 8 heteroatoms. The largest absolute Gasteiger partial charge is 0.411 e. The van der Waals surface area contributed by atoms with Gasteiger partial charge in [-0.3, -0.25) is 4.79 Å². The molecule has 2 saturated heterocycles. The zero-order chi connectivity index (χ0) is 16.6. The van der Waals surface area contributed by atoms with Gasteiger partial charge in [-0.2, -0.15) is 0 Å². The van der Waals surface area contributed by atoms with Gasteiger partial charge in [-0.25, -0.2) is 0 Å². The van der Waals surface area contributed by atoms with Crippen LogP contribution in [-0.4, -0.2) is 61.7 Å². The van der Waals surface area contributed by atoms with Crippen molar-refractivity contribution < 1.29 is 18.7 Å². The molecule has 132 valence electrons. The number of hydrogen-bond donors (Lipinski definition) is 1. The van der Waals surface area contributed by atoms with E-state index in [1.54, 1.807) is 7.11 Å². The summed E-state index contributed by atoms with van der Waals surface area (Å²) >= 11 is 0. The van der Waals surface area contributed by atoms with E-state index < -0.39 is 0 Å². The van der Waals surface area contributed by atoms with Crippen LogP contribution >= 0.6 is 0 Å². The first kappa shape index (κ1) is 15.8. The molecular formula is C16H24N4O4. The molecule has 1 N–H and O–H groups in total. The van der Waals surface area contributed by atoms with Crippen molar-refractivity contribution in [3.63, 3.8) is 0 Å². The molecule has 2 aliphatic heterocycles. The second kappa shape index (κ2) is 6.33. The van der Waals surface area contributed by atoms with E-state index in [1.807, 2.05) is 0 Å². The average molecular weight is 336 g/mol. The SMILES string of the molecule is COC(C(=O)NC1CN(c2nnco2)CC12CCOCC2)C1CC1. The van der Waals surface area contributed by atoms with E-state index in [9.17, 15) is 4.79 Å². The van der Waals surface area contributed by atoms with Crippen LogP contribution in [0.5, 0.6) is 0 Å². The Bertz CT molecular complexity index is 569. The summed E-state index contributed by atoms with van der Waals surface area (Å²) in [7, 11) is 1.62. The van der Waals surface area contributed by atoms with E-state index >= 15 is 0 Å². The molecule has 0 radical (unpaired) electrons. The summed E-state index contributed by atoms with van der Waals surface area (Å²) in [6, 6.07) is 0.556. The number of carbonyl (C=O) groups is 1. The zero-order valence-corrected chi connectivity index (χ0v) is 13.9. The predicted molar refractivity (Wildman–Crippen MR) is 84.4 cm³/mol. The minimum absolute atomic E-state index is 0.00301. The highest BCUT2D eigenvalue weighted by Gasteiger charge is 2.50. The van der Waals surface area contributed by atoms with Crippen LogP contribution in [0.2, 0.25) is 0 Å². The molecule has 3 aliphatic rings. The molecule has 8 nitrogen and oxygen atoms in total. The Hall–Kier alpha value is -1.67. The number of anilines is 1. The number of nitrogens with one attached hydrogen (secondary N) is 1. The standard InChI is InChI=1S/C16H24N4O4/c1-22-13(11-2-3-11)14(21)18-12-8-20(15-19-17-10-24-15)9-16(12)4-6-23-7-5-16/h10-13H,2-9H2,1H3,(H,18,21). The van der Waals surface area contributed by atoms with E-state index in [0.717, 1.165) is 45.4 Å². The fourth-order valence-corrected chi connectivity index (χ4v) is 4.07. The lowest BCUT2D eigenvalue weighted by Crippen LogP contribution is -2.52. The number of carbonyl (C=O) groups excluding carboxylic acids is 1. The number of aromatic nitrogens is 2. The van der Waals surface area contributed by atoms with Crippen molar-refractivity contribution in [3.05, 3.63) is 6.39 Å². The van der Waals surface area contributed by atoms with Gasteiger partial charge < -0.3 is 24.1 Å². The first-order valence-corrected chi connectivity index (χ1v) is 8.64. The van der Waals surface area contributed by atoms with Crippen molar-refractivity contribution in [1.82, 2.24) is 15.5 Å². The maximum Gasteiger partial charge on any atom is 0.318 e. The topological polar surface area (TPSA) is 89.7 Å². The minimum atomic E-state index is -0.334. The van der Waals surface area contributed by atoms with Gasteiger partial charge in [0.15, 0.2) is 0 Å². The molecule has 1 aliphatic carbocycles. The van der Waals surface area contributed by atoms with Crippen LogP contribution in [0.25, 0.3) is 0 Å². The fourth-order valence-electron chi connectivity index (χ4n) is 4.07. The monoisotopic (exact) mass is 336 g/mol. The molecule has 24 heavy (non-hydrogen) atoms. The van der Waals surface area contributed by atoms with Gasteiger partial charge in [0.05, 0.1) is 6.04 Å². The van der Waals surface area contributed by atoms with E-state index in [2.05, 4.69) is 20.4 Å². The molecule has 1 saturated carbocycles. The summed E-state index contributed by atoms with van der Waals surface area (Å²) in [4.78, 5) is 14.8. The van der Waals surface area contributed by atoms with Crippen LogP contribution < -0.4 is 10.2 Å². The highest BCUT2D eigenvalue weighted by molar-refractivity contribution is 5.82. The van der Waals surface area contributed by atoms with E-state index in [-0.39, 0.29) is 23.5 Å². The lowest BCUT2D eigenvalue weighted by Gasteiger charge is -2.38. The third-order valence-corrected chi connectivity index (χ3v) is 5.63. The molecule has 1 spiro atoms. The Morgan fingerprint density at radius 3 is 2.88 bits per heavy atom. The molecule has 1 aromatic rings. The van der Waals surface area contributed by atoms with Gasteiger partial charge >= 0.3 is 6.01 Å². The molecule has 1 aromatic heterocycles. The van der Waals surface area contributed by atoms with Gasteiger partial charge in [-0.1, -0.05) is 5.10 Å². The number of rotatable bonds is 5. The lowest BCUT2D eigenvalue weighted by atomic mass is 9.76. The summed E-state index contributed by atoms with van der Waals surface area (Å²) in [6.45, 7) is 2.92. The van der Waals surface area contributed by atoms with Crippen molar-refractivity contribution in [3.8, 4) is 0 Å². The first-order valence-electron chi connectivity index (χ1n) is 8.64. The van der Waals surface area contributed by atoms with Gasteiger partial charge in [0.25, 0.3) is 0 Å². The van der Waals surface area contributed by atoms with Crippen molar-refractivity contribution in [1.29, 1.82) is 0 Å². The summed E-state index contributed by atoms with van der Waals surface area (Å²) in [6.07, 6.45) is 4.99. The lowest BCUT2D eigenvalue weighted by molar-refractivity contribution is -0.134. The van der Waals surface area contributed by atoms with Crippen LogP contribution in [0.3, 0.4) is 0 Å². The maximum absolute atomic E-state index is 12.7. The Kier molecular flexibility index (Phi) is 4.17. The molecule has 3 fully saturated rings. The molecule has 2 atom stereocenters. The normalized spacial score (nSPS) is 27.4. The Morgan fingerprint density at radius 2 is 2.25 bits per heavy atom. The molecule has 2 unspecified atom stereocenters. The van der Waals surface area contributed by atoms with Crippen LogP contribution in [0, 0.1) is 11.3 Å². The highest BCUT2D eigenvalue weighted by atomic mass is 16.5. The van der Waals surface area contributed by atoms with Crippen LogP contribution in [0.15, 0.2) is 10.8 Å². The second-order valence-electron chi connectivity index (χ2n) is 7.13. The predicted octanol–water partition coefficient (Wildman–Crippen LogP) is 0.596. The Morgan fingerprint density at radius 1 is 1.46 bits per heavy atom. The highest BCUT2D eigenvalue weighted by Crippen LogP contribution is 2.42. The Labute approximate surface area is 140 Å². The molecule has 4 rings (SSSR count). The summed E-state index contributed by atoms with van der Waals surface area (Å²) < 4.78 is 16.3. The van der Waals surface area contributed by atoms with Crippen LogP contribution in [-0.2, 0) is 14.3 Å². The third kappa shape index (κ3) is 2.88. The molecule has 3 heterocycles. The first-order chi connectivity index (χ1) is 11.7. The number of methoxy groups -OCH3 is 1. The van der Waals surface area contributed by atoms with Gasteiger partial charge in [0.2, 0.25) is 12.3 Å². The summed E-state index contributed by atoms with van der Waals surface area (Å²) in [5.41, 5.74) is -0.00970. The molecule has 0 bridgehead atoms. The smallest absolute Gasteiger partial charge is 0.318 e. The maximum atomic E-state index is 12.7. The molecule has 0 aromatic carbocycles. The number of hydrogen-bond acceptors (Lipinski definition) is 7. The minimum Gasteiger partial charge on any atom is -0.411 e. The summed E-state index contributed by atoms with van der Waals surface area (Å²) in [5, 5.41) is 11.0. The van der Waals surface area contributed by atoms with Crippen molar-refractivity contribution in [2.75, 3.05) is 38.3 Å². The molecular weight excluding hydrogens is 312 g/mol. The van der Waals surface area contributed by atoms with E-state index in [1.165, 1.54) is 6.39 Å². The fraction of sp³-hybridized carbons (Fsp3) is 0.812.